The summed E-state index contributed by atoms with van der Waals surface area (Å²) < 4.78 is 5.58. The number of nitrogens with zero attached hydrogens (tertiary/aromatic N) is 1. The number of rotatable bonds is 3. The maximum Gasteiger partial charge on any atom is 0.233 e. The number of hydrogen-bond donors (Lipinski definition) is 1. The molecule has 0 spiro atoms. The third-order valence-corrected chi connectivity index (χ3v) is 4.78. The van der Waals surface area contributed by atoms with Gasteiger partial charge in [0, 0.05) is 19.3 Å². The summed E-state index contributed by atoms with van der Waals surface area (Å²) in [5.41, 5.74) is 7.25. The van der Waals surface area contributed by atoms with Crippen LogP contribution in [0.15, 0.2) is 24.3 Å². The highest BCUT2D eigenvalue weighted by molar-refractivity contribution is 5.91. The van der Waals surface area contributed by atoms with Crippen LogP contribution in [-0.2, 0) is 14.9 Å². The van der Waals surface area contributed by atoms with Crippen LogP contribution >= 0.6 is 0 Å². The van der Waals surface area contributed by atoms with Crippen LogP contribution in [-0.4, -0.2) is 36.6 Å². The van der Waals surface area contributed by atoms with Crippen molar-refractivity contribution >= 4 is 11.6 Å². The fourth-order valence-corrected chi connectivity index (χ4v) is 3.27. The number of carbonyl (C=O) groups is 1. The first-order chi connectivity index (χ1) is 9.54. The minimum atomic E-state index is -0.315. The predicted molar refractivity (Wildman–Crippen MR) is 78.4 cm³/mol. The lowest BCUT2D eigenvalue weighted by Gasteiger charge is -2.30. The molecule has 2 atom stereocenters. The summed E-state index contributed by atoms with van der Waals surface area (Å²) in [6, 6.07) is 7.94. The molecule has 1 aromatic carbocycles. The Morgan fingerprint density at radius 1 is 1.35 bits per heavy atom. The molecule has 1 aromatic rings. The molecule has 1 heterocycles. The van der Waals surface area contributed by atoms with Crippen molar-refractivity contribution in [3.05, 3.63) is 29.8 Å². The van der Waals surface area contributed by atoms with E-state index in [1.165, 1.54) is 0 Å². The molecule has 0 aromatic heterocycles. The van der Waals surface area contributed by atoms with E-state index in [1.54, 1.807) is 0 Å². The number of benzene rings is 1. The van der Waals surface area contributed by atoms with Crippen LogP contribution in [0.4, 0.5) is 5.69 Å². The molecule has 4 heteroatoms. The van der Waals surface area contributed by atoms with E-state index in [-0.39, 0.29) is 23.5 Å². The van der Waals surface area contributed by atoms with Gasteiger partial charge in [-0.25, -0.2) is 0 Å². The molecule has 2 unspecified atom stereocenters. The van der Waals surface area contributed by atoms with Gasteiger partial charge < -0.3 is 15.4 Å². The average molecular weight is 274 g/mol. The van der Waals surface area contributed by atoms with Crippen molar-refractivity contribution in [3.63, 3.8) is 0 Å². The van der Waals surface area contributed by atoms with Crippen LogP contribution in [0.3, 0.4) is 0 Å². The normalized spacial score (nSPS) is 27.3. The maximum absolute atomic E-state index is 12.9. The van der Waals surface area contributed by atoms with E-state index >= 15 is 0 Å². The molecule has 20 heavy (non-hydrogen) atoms. The predicted octanol–water partition coefficient (Wildman–Crippen LogP) is 1.94. The van der Waals surface area contributed by atoms with Gasteiger partial charge in [-0.2, -0.15) is 0 Å². The SMILES string of the molecule is CC1OCCC1N(C)C(=O)C1(c2ccc(N)cc2)CC1. The van der Waals surface area contributed by atoms with Gasteiger partial charge in [-0.15, -0.1) is 0 Å². The summed E-state index contributed by atoms with van der Waals surface area (Å²) in [6.07, 6.45) is 2.93. The fraction of sp³-hybridized carbons (Fsp3) is 0.562. The standard InChI is InChI=1S/C16H22N2O2/c1-11-14(7-10-20-11)18(2)15(19)16(8-9-16)12-3-5-13(17)6-4-12/h3-6,11,14H,7-10,17H2,1-2H3. The first kappa shape index (κ1) is 13.4. The summed E-state index contributed by atoms with van der Waals surface area (Å²) in [7, 11) is 1.91. The molecule has 1 aliphatic heterocycles. The Labute approximate surface area is 119 Å². The van der Waals surface area contributed by atoms with E-state index in [9.17, 15) is 4.79 Å². The zero-order chi connectivity index (χ0) is 14.3. The molecule has 2 aliphatic rings. The number of carbonyl (C=O) groups excluding carboxylic acids is 1. The first-order valence-electron chi connectivity index (χ1n) is 7.29. The third kappa shape index (κ3) is 2.08. The topological polar surface area (TPSA) is 55.6 Å². The fourth-order valence-electron chi connectivity index (χ4n) is 3.27. The van der Waals surface area contributed by atoms with E-state index in [0.717, 1.165) is 37.1 Å². The number of hydrogen-bond acceptors (Lipinski definition) is 3. The van der Waals surface area contributed by atoms with Crippen molar-refractivity contribution in [2.75, 3.05) is 19.4 Å². The van der Waals surface area contributed by atoms with Crippen molar-refractivity contribution in [3.8, 4) is 0 Å². The molecule has 2 N–H and O–H groups in total. The van der Waals surface area contributed by atoms with E-state index < -0.39 is 0 Å². The lowest BCUT2D eigenvalue weighted by atomic mass is 9.93. The van der Waals surface area contributed by atoms with Crippen LogP contribution in [0.25, 0.3) is 0 Å². The Bertz CT molecular complexity index is 508. The van der Waals surface area contributed by atoms with E-state index in [0.29, 0.717) is 0 Å². The Balaban J connectivity index is 1.81. The van der Waals surface area contributed by atoms with Gasteiger partial charge in [-0.05, 0) is 43.9 Å². The van der Waals surface area contributed by atoms with Gasteiger partial charge in [0.05, 0.1) is 17.6 Å². The second kappa shape index (κ2) is 4.77. The smallest absolute Gasteiger partial charge is 0.233 e. The van der Waals surface area contributed by atoms with Crippen LogP contribution in [0.5, 0.6) is 0 Å². The number of anilines is 1. The van der Waals surface area contributed by atoms with Crippen LogP contribution in [0, 0.1) is 0 Å². The van der Waals surface area contributed by atoms with E-state index in [2.05, 4.69) is 0 Å². The summed E-state index contributed by atoms with van der Waals surface area (Å²) in [5.74, 6) is 0.227. The van der Waals surface area contributed by atoms with Crippen LogP contribution in [0.2, 0.25) is 0 Å². The minimum absolute atomic E-state index is 0.131. The number of amides is 1. The van der Waals surface area contributed by atoms with Gasteiger partial charge in [0.1, 0.15) is 0 Å². The van der Waals surface area contributed by atoms with Crippen molar-refractivity contribution in [1.82, 2.24) is 4.90 Å². The third-order valence-electron chi connectivity index (χ3n) is 4.78. The monoisotopic (exact) mass is 274 g/mol. The molecule has 0 radical (unpaired) electrons. The largest absolute Gasteiger partial charge is 0.399 e. The quantitative estimate of drug-likeness (QED) is 0.857. The Kier molecular flexibility index (Phi) is 3.21. The highest BCUT2D eigenvalue weighted by Crippen LogP contribution is 2.50. The van der Waals surface area contributed by atoms with Crippen LogP contribution in [0.1, 0.15) is 31.7 Å². The molecule has 3 rings (SSSR count). The Morgan fingerprint density at radius 3 is 2.50 bits per heavy atom. The van der Waals surface area contributed by atoms with Crippen molar-refractivity contribution in [1.29, 1.82) is 0 Å². The number of ether oxygens (including phenoxy) is 1. The lowest BCUT2D eigenvalue weighted by molar-refractivity contribution is -0.135. The van der Waals surface area contributed by atoms with Gasteiger partial charge in [-0.1, -0.05) is 12.1 Å². The van der Waals surface area contributed by atoms with Crippen molar-refractivity contribution in [2.24, 2.45) is 0 Å². The first-order valence-corrected chi connectivity index (χ1v) is 7.29. The molecule has 4 nitrogen and oxygen atoms in total. The second-order valence-corrected chi connectivity index (χ2v) is 6.05. The molecule has 1 saturated heterocycles. The van der Waals surface area contributed by atoms with Crippen molar-refractivity contribution < 1.29 is 9.53 Å². The summed E-state index contributed by atoms with van der Waals surface area (Å²) in [4.78, 5) is 14.8. The Hall–Kier alpha value is -1.55. The lowest BCUT2D eigenvalue weighted by Crippen LogP contribution is -2.45. The molecular formula is C16H22N2O2. The van der Waals surface area contributed by atoms with E-state index in [4.69, 9.17) is 10.5 Å². The van der Waals surface area contributed by atoms with Gasteiger partial charge in [0.2, 0.25) is 5.91 Å². The van der Waals surface area contributed by atoms with E-state index in [1.807, 2.05) is 43.1 Å². The Morgan fingerprint density at radius 2 is 2.00 bits per heavy atom. The zero-order valence-electron chi connectivity index (χ0n) is 12.1. The maximum atomic E-state index is 12.9. The molecule has 1 saturated carbocycles. The average Bonchev–Trinajstić information content (AvgIpc) is 3.14. The number of likely N-dealkylation sites (N-methyl/N-ethyl adjacent to an activating group) is 1. The second-order valence-electron chi connectivity index (χ2n) is 6.05. The molecule has 108 valence electrons. The van der Waals surface area contributed by atoms with Crippen LogP contribution < -0.4 is 5.73 Å². The van der Waals surface area contributed by atoms with Gasteiger partial charge in [-0.3, -0.25) is 4.79 Å². The minimum Gasteiger partial charge on any atom is -0.399 e. The van der Waals surface area contributed by atoms with Crippen molar-refractivity contribution in [2.45, 2.75) is 43.7 Å². The number of nitrogen functional groups attached to an aromatic ring is 1. The highest BCUT2D eigenvalue weighted by atomic mass is 16.5. The zero-order valence-corrected chi connectivity index (χ0v) is 12.1. The summed E-state index contributed by atoms with van der Waals surface area (Å²) >= 11 is 0. The van der Waals surface area contributed by atoms with Gasteiger partial charge in [0.15, 0.2) is 0 Å². The summed E-state index contributed by atoms with van der Waals surface area (Å²) in [5, 5.41) is 0. The number of nitrogens with two attached hydrogens (primary N) is 1. The molecule has 1 amide bonds. The molecule has 1 aliphatic carbocycles. The van der Waals surface area contributed by atoms with Gasteiger partial charge in [0.25, 0.3) is 0 Å². The highest BCUT2D eigenvalue weighted by Gasteiger charge is 2.53. The molecule has 2 fully saturated rings. The molecular weight excluding hydrogens is 252 g/mol. The summed E-state index contributed by atoms with van der Waals surface area (Å²) in [6.45, 7) is 2.79. The molecule has 0 bridgehead atoms. The van der Waals surface area contributed by atoms with Gasteiger partial charge >= 0.3 is 0 Å².